The number of aromatic amines is 1. The summed E-state index contributed by atoms with van der Waals surface area (Å²) in [6, 6.07) is 13.8. The largest absolute Gasteiger partial charge is 0.282 e. The van der Waals surface area contributed by atoms with Crippen LogP contribution in [-0.2, 0) is 6.42 Å². The van der Waals surface area contributed by atoms with Gasteiger partial charge in [-0.05, 0) is 29.8 Å². The zero-order valence-electron chi connectivity index (χ0n) is 10.2. The van der Waals surface area contributed by atoms with Crippen LogP contribution in [0.15, 0.2) is 54.9 Å². The smallest absolute Gasteiger partial charge is 0.0924 e. The van der Waals surface area contributed by atoms with E-state index >= 15 is 0 Å². The maximum Gasteiger partial charge on any atom is 0.0924 e. The van der Waals surface area contributed by atoms with Gasteiger partial charge in [-0.15, -0.1) is 0 Å². The van der Waals surface area contributed by atoms with E-state index in [0.29, 0.717) is 0 Å². The summed E-state index contributed by atoms with van der Waals surface area (Å²) < 4.78 is 0. The van der Waals surface area contributed by atoms with Gasteiger partial charge >= 0.3 is 0 Å². The molecule has 0 unspecified atom stereocenters. The highest BCUT2D eigenvalue weighted by Crippen LogP contribution is 2.21. The van der Waals surface area contributed by atoms with Gasteiger partial charge in [-0.25, -0.2) is 0 Å². The topological polar surface area (TPSA) is 41.6 Å². The van der Waals surface area contributed by atoms with E-state index in [1.54, 1.807) is 12.4 Å². The van der Waals surface area contributed by atoms with Crippen molar-refractivity contribution in [3.63, 3.8) is 0 Å². The Hall–Kier alpha value is -2.13. The number of H-pyrrole nitrogens is 1. The minimum atomic E-state index is 0.748. The second-order valence-corrected chi connectivity index (χ2v) is 4.69. The Morgan fingerprint density at radius 1 is 1.05 bits per heavy atom. The van der Waals surface area contributed by atoms with E-state index in [2.05, 4.69) is 15.2 Å². The standard InChI is InChI=1S/C15H12ClN3/c16-14-4-2-1-3-12(14)9-13-10-15(19-18-13)11-5-7-17-8-6-11/h1-8,10H,9H2,(H,18,19). The molecule has 0 aliphatic heterocycles. The number of pyridine rings is 1. The van der Waals surface area contributed by atoms with Crippen LogP contribution in [0.4, 0.5) is 0 Å². The van der Waals surface area contributed by atoms with Crippen molar-refractivity contribution < 1.29 is 0 Å². The molecule has 4 heteroatoms. The lowest BCUT2D eigenvalue weighted by atomic mass is 10.1. The third kappa shape index (κ3) is 2.66. The first-order valence-electron chi connectivity index (χ1n) is 6.01. The van der Waals surface area contributed by atoms with Crippen molar-refractivity contribution in [1.29, 1.82) is 0 Å². The molecule has 0 aliphatic rings. The molecule has 0 fully saturated rings. The molecule has 0 bridgehead atoms. The van der Waals surface area contributed by atoms with Gasteiger partial charge in [-0.1, -0.05) is 29.8 Å². The van der Waals surface area contributed by atoms with Gasteiger partial charge in [-0.3, -0.25) is 10.1 Å². The maximum absolute atomic E-state index is 6.16. The monoisotopic (exact) mass is 269 g/mol. The highest BCUT2D eigenvalue weighted by Gasteiger charge is 2.06. The lowest BCUT2D eigenvalue weighted by Crippen LogP contribution is -1.89. The predicted octanol–water partition coefficient (Wildman–Crippen LogP) is 3.72. The van der Waals surface area contributed by atoms with Gasteiger partial charge < -0.3 is 0 Å². The van der Waals surface area contributed by atoms with E-state index in [4.69, 9.17) is 11.6 Å². The Kier molecular flexibility index (Phi) is 3.29. The van der Waals surface area contributed by atoms with Gasteiger partial charge in [0, 0.05) is 35.1 Å². The zero-order chi connectivity index (χ0) is 13.1. The van der Waals surface area contributed by atoms with Crippen molar-refractivity contribution in [2.45, 2.75) is 6.42 Å². The number of hydrogen-bond acceptors (Lipinski definition) is 2. The van der Waals surface area contributed by atoms with Crippen LogP contribution in [0.3, 0.4) is 0 Å². The first kappa shape index (κ1) is 11.9. The summed E-state index contributed by atoms with van der Waals surface area (Å²) >= 11 is 6.16. The molecule has 3 aromatic rings. The number of aromatic nitrogens is 3. The molecule has 19 heavy (non-hydrogen) atoms. The number of benzene rings is 1. The Morgan fingerprint density at radius 2 is 1.84 bits per heavy atom. The molecule has 1 aromatic carbocycles. The summed E-state index contributed by atoms with van der Waals surface area (Å²) in [5, 5.41) is 8.15. The molecule has 0 saturated carbocycles. The van der Waals surface area contributed by atoms with Gasteiger partial charge in [0.25, 0.3) is 0 Å². The van der Waals surface area contributed by atoms with Crippen LogP contribution in [0, 0.1) is 0 Å². The fraction of sp³-hybridized carbons (Fsp3) is 0.0667. The van der Waals surface area contributed by atoms with Crippen molar-refractivity contribution in [3.8, 4) is 11.3 Å². The highest BCUT2D eigenvalue weighted by atomic mass is 35.5. The molecule has 0 radical (unpaired) electrons. The van der Waals surface area contributed by atoms with E-state index < -0.39 is 0 Å². The molecule has 94 valence electrons. The molecule has 3 nitrogen and oxygen atoms in total. The van der Waals surface area contributed by atoms with Gasteiger partial charge in [-0.2, -0.15) is 5.10 Å². The zero-order valence-corrected chi connectivity index (χ0v) is 10.9. The molecule has 0 saturated heterocycles. The third-order valence-electron chi connectivity index (χ3n) is 2.95. The van der Waals surface area contributed by atoms with E-state index in [1.165, 1.54) is 0 Å². The van der Waals surface area contributed by atoms with Gasteiger partial charge in [0.2, 0.25) is 0 Å². The van der Waals surface area contributed by atoms with E-state index in [1.807, 2.05) is 42.5 Å². The van der Waals surface area contributed by atoms with Crippen LogP contribution < -0.4 is 0 Å². The van der Waals surface area contributed by atoms with E-state index in [0.717, 1.165) is 34.0 Å². The van der Waals surface area contributed by atoms with Crippen molar-refractivity contribution in [2.24, 2.45) is 0 Å². The number of hydrogen-bond donors (Lipinski definition) is 1. The fourth-order valence-corrected chi connectivity index (χ4v) is 2.17. The Morgan fingerprint density at radius 3 is 2.63 bits per heavy atom. The second kappa shape index (κ2) is 5.24. The van der Waals surface area contributed by atoms with Crippen molar-refractivity contribution >= 4 is 11.6 Å². The average molecular weight is 270 g/mol. The van der Waals surface area contributed by atoms with Gasteiger partial charge in [0.1, 0.15) is 0 Å². The first-order chi connectivity index (χ1) is 9.33. The average Bonchev–Trinajstić information content (AvgIpc) is 2.91. The summed E-state index contributed by atoms with van der Waals surface area (Å²) in [7, 11) is 0. The van der Waals surface area contributed by atoms with Gasteiger partial charge in [0.05, 0.1) is 5.69 Å². The Balaban J connectivity index is 1.85. The summed E-state index contributed by atoms with van der Waals surface area (Å²) in [6.07, 6.45) is 4.27. The molecule has 2 aromatic heterocycles. The van der Waals surface area contributed by atoms with Crippen LogP contribution in [-0.4, -0.2) is 15.2 Å². The van der Waals surface area contributed by atoms with E-state index in [9.17, 15) is 0 Å². The molecule has 3 rings (SSSR count). The third-order valence-corrected chi connectivity index (χ3v) is 3.31. The molecule has 1 N–H and O–H groups in total. The fourth-order valence-electron chi connectivity index (χ4n) is 1.97. The number of rotatable bonds is 3. The van der Waals surface area contributed by atoms with Crippen LogP contribution in [0.2, 0.25) is 5.02 Å². The highest BCUT2D eigenvalue weighted by molar-refractivity contribution is 6.31. The van der Waals surface area contributed by atoms with Crippen molar-refractivity contribution in [3.05, 3.63) is 71.1 Å². The normalized spacial score (nSPS) is 10.6. The molecular weight excluding hydrogens is 258 g/mol. The number of nitrogens with one attached hydrogen (secondary N) is 1. The lowest BCUT2D eigenvalue weighted by Gasteiger charge is -2.00. The lowest BCUT2D eigenvalue weighted by molar-refractivity contribution is 0.998. The minimum absolute atomic E-state index is 0.748. The maximum atomic E-state index is 6.16. The van der Waals surface area contributed by atoms with Gasteiger partial charge in [0.15, 0.2) is 0 Å². The quantitative estimate of drug-likeness (QED) is 0.787. The second-order valence-electron chi connectivity index (χ2n) is 4.28. The SMILES string of the molecule is Clc1ccccc1Cc1cc(-c2ccncc2)n[nH]1. The molecule has 0 amide bonds. The summed E-state index contributed by atoms with van der Waals surface area (Å²) in [6.45, 7) is 0. The number of halogens is 1. The van der Waals surface area contributed by atoms with Crippen LogP contribution in [0.25, 0.3) is 11.3 Å². The van der Waals surface area contributed by atoms with Crippen LogP contribution in [0.1, 0.15) is 11.3 Å². The predicted molar refractivity (Wildman–Crippen MR) is 76.1 cm³/mol. The minimum Gasteiger partial charge on any atom is -0.282 e. The summed E-state index contributed by atoms with van der Waals surface area (Å²) in [4.78, 5) is 4.00. The van der Waals surface area contributed by atoms with E-state index in [-0.39, 0.29) is 0 Å². The molecule has 2 heterocycles. The first-order valence-corrected chi connectivity index (χ1v) is 6.39. The van der Waals surface area contributed by atoms with Crippen molar-refractivity contribution in [2.75, 3.05) is 0 Å². The Labute approximate surface area is 116 Å². The molecule has 0 spiro atoms. The molecule has 0 aliphatic carbocycles. The Bertz CT molecular complexity index is 677. The summed E-state index contributed by atoms with van der Waals surface area (Å²) in [5.41, 5.74) is 4.11. The van der Waals surface area contributed by atoms with Crippen LogP contribution >= 0.6 is 11.6 Å². The van der Waals surface area contributed by atoms with Crippen molar-refractivity contribution in [1.82, 2.24) is 15.2 Å². The summed E-state index contributed by atoms with van der Waals surface area (Å²) in [5.74, 6) is 0. The van der Waals surface area contributed by atoms with Crippen LogP contribution in [0.5, 0.6) is 0 Å². The molecular formula is C15H12ClN3. The molecule has 0 atom stereocenters. The number of nitrogens with zero attached hydrogens (tertiary/aromatic N) is 2.